The summed E-state index contributed by atoms with van der Waals surface area (Å²) in [5.74, 6) is 0.104. The van der Waals surface area contributed by atoms with Gasteiger partial charge in [-0.1, -0.05) is 31.0 Å². The molecule has 26 heavy (non-hydrogen) atoms. The van der Waals surface area contributed by atoms with Crippen LogP contribution in [0, 0.1) is 5.92 Å². The second kappa shape index (κ2) is 8.83. The zero-order chi connectivity index (χ0) is 18.4. The van der Waals surface area contributed by atoms with E-state index in [1.807, 2.05) is 11.0 Å². The molecule has 0 radical (unpaired) electrons. The molecule has 3 rings (SSSR count). The third-order valence-corrected chi connectivity index (χ3v) is 5.30. The van der Waals surface area contributed by atoms with Gasteiger partial charge in [0.05, 0.1) is 6.54 Å². The van der Waals surface area contributed by atoms with Gasteiger partial charge in [-0.2, -0.15) is 0 Å². The fourth-order valence-corrected chi connectivity index (χ4v) is 3.78. The second-order valence-electron chi connectivity index (χ2n) is 7.09. The van der Waals surface area contributed by atoms with Gasteiger partial charge in [-0.15, -0.1) is 0 Å². The Kier molecular flexibility index (Phi) is 6.26. The Morgan fingerprint density at radius 3 is 2.27 bits per heavy atom. The molecule has 2 aliphatic rings. The van der Waals surface area contributed by atoms with E-state index in [0.29, 0.717) is 25.2 Å². The SMILES string of the molecule is O=C(NCC(=O)N1CCCN(C(=O)C2CCCC2)CC1)c1ccccc1. The Morgan fingerprint density at radius 2 is 1.54 bits per heavy atom. The third kappa shape index (κ3) is 4.62. The Labute approximate surface area is 154 Å². The molecule has 0 aromatic heterocycles. The smallest absolute Gasteiger partial charge is 0.251 e. The molecule has 6 heteroatoms. The average Bonchev–Trinajstić information content (AvgIpc) is 3.10. The minimum atomic E-state index is -0.244. The van der Waals surface area contributed by atoms with Crippen molar-refractivity contribution in [3.63, 3.8) is 0 Å². The van der Waals surface area contributed by atoms with Crippen molar-refractivity contribution in [3.8, 4) is 0 Å². The first kappa shape index (κ1) is 18.4. The highest BCUT2D eigenvalue weighted by Gasteiger charge is 2.29. The standard InChI is InChI=1S/C20H27N3O3/c24-18(15-21-19(25)16-7-2-1-3-8-16)22-11-6-12-23(14-13-22)20(26)17-9-4-5-10-17/h1-3,7-8,17H,4-6,9-15H2,(H,21,25). The first-order valence-electron chi connectivity index (χ1n) is 9.55. The minimum Gasteiger partial charge on any atom is -0.343 e. The number of amides is 3. The van der Waals surface area contributed by atoms with Gasteiger partial charge in [0.15, 0.2) is 0 Å². The number of nitrogens with zero attached hydrogens (tertiary/aromatic N) is 2. The van der Waals surface area contributed by atoms with Crippen molar-refractivity contribution in [2.45, 2.75) is 32.1 Å². The molecule has 140 valence electrons. The van der Waals surface area contributed by atoms with Crippen LogP contribution >= 0.6 is 0 Å². The summed E-state index contributed by atoms with van der Waals surface area (Å²) in [7, 11) is 0. The molecule has 3 amide bonds. The van der Waals surface area contributed by atoms with Crippen molar-refractivity contribution < 1.29 is 14.4 Å². The lowest BCUT2D eigenvalue weighted by atomic mass is 10.1. The first-order valence-corrected chi connectivity index (χ1v) is 9.55. The molecule has 1 aliphatic heterocycles. The monoisotopic (exact) mass is 357 g/mol. The summed E-state index contributed by atoms with van der Waals surface area (Å²) >= 11 is 0. The van der Waals surface area contributed by atoms with E-state index < -0.39 is 0 Å². The molecule has 0 unspecified atom stereocenters. The fraction of sp³-hybridized carbons (Fsp3) is 0.550. The largest absolute Gasteiger partial charge is 0.343 e. The highest BCUT2D eigenvalue weighted by Crippen LogP contribution is 2.26. The highest BCUT2D eigenvalue weighted by molar-refractivity contribution is 5.96. The Bertz CT molecular complexity index is 641. The van der Waals surface area contributed by atoms with Crippen LogP contribution in [0.3, 0.4) is 0 Å². The van der Waals surface area contributed by atoms with Gasteiger partial charge in [0, 0.05) is 37.7 Å². The van der Waals surface area contributed by atoms with E-state index >= 15 is 0 Å². The maximum Gasteiger partial charge on any atom is 0.251 e. The molecular formula is C20H27N3O3. The van der Waals surface area contributed by atoms with Crippen LogP contribution in [0.2, 0.25) is 0 Å². The van der Waals surface area contributed by atoms with Gasteiger partial charge in [-0.3, -0.25) is 14.4 Å². The van der Waals surface area contributed by atoms with Gasteiger partial charge in [0.2, 0.25) is 11.8 Å². The van der Waals surface area contributed by atoms with Crippen molar-refractivity contribution in [2.75, 3.05) is 32.7 Å². The quantitative estimate of drug-likeness (QED) is 0.891. The molecule has 1 saturated carbocycles. The first-order chi connectivity index (χ1) is 12.6. The van der Waals surface area contributed by atoms with Crippen LogP contribution in [-0.4, -0.2) is 60.2 Å². The van der Waals surface area contributed by atoms with E-state index in [2.05, 4.69) is 5.32 Å². The van der Waals surface area contributed by atoms with Crippen LogP contribution in [0.5, 0.6) is 0 Å². The van der Waals surface area contributed by atoms with Gasteiger partial charge in [-0.25, -0.2) is 0 Å². The van der Waals surface area contributed by atoms with Gasteiger partial charge < -0.3 is 15.1 Å². The molecule has 0 atom stereocenters. The topological polar surface area (TPSA) is 69.7 Å². The predicted molar refractivity (Wildman–Crippen MR) is 98.5 cm³/mol. The molecule has 0 bridgehead atoms. The zero-order valence-corrected chi connectivity index (χ0v) is 15.2. The third-order valence-electron chi connectivity index (χ3n) is 5.30. The van der Waals surface area contributed by atoms with Gasteiger partial charge in [-0.05, 0) is 31.4 Å². The number of carbonyl (C=O) groups is 3. The lowest BCUT2D eigenvalue weighted by Gasteiger charge is -2.24. The summed E-state index contributed by atoms with van der Waals surface area (Å²) in [6.45, 7) is 2.47. The molecule has 1 saturated heterocycles. The number of benzene rings is 1. The van der Waals surface area contributed by atoms with Crippen molar-refractivity contribution in [1.82, 2.24) is 15.1 Å². The molecule has 0 spiro atoms. The lowest BCUT2D eigenvalue weighted by Crippen LogP contribution is -2.43. The molecule has 1 aromatic carbocycles. The molecule has 1 aliphatic carbocycles. The van der Waals surface area contributed by atoms with Crippen LogP contribution in [0.4, 0.5) is 0 Å². The summed E-state index contributed by atoms with van der Waals surface area (Å²) in [5.41, 5.74) is 0.546. The van der Waals surface area contributed by atoms with Crippen LogP contribution in [0.1, 0.15) is 42.5 Å². The zero-order valence-electron chi connectivity index (χ0n) is 15.2. The second-order valence-corrected chi connectivity index (χ2v) is 7.09. The molecular weight excluding hydrogens is 330 g/mol. The maximum absolute atomic E-state index is 12.6. The summed E-state index contributed by atoms with van der Waals surface area (Å²) in [6, 6.07) is 8.87. The average molecular weight is 357 g/mol. The van der Waals surface area contributed by atoms with E-state index in [0.717, 1.165) is 38.6 Å². The van der Waals surface area contributed by atoms with Crippen molar-refractivity contribution >= 4 is 17.7 Å². The van der Waals surface area contributed by atoms with E-state index in [9.17, 15) is 14.4 Å². The van der Waals surface area contributed by atoms with Crippen molar-refractivity contribution in [3.05, 3.63) is 35.9 Å². The number of hydrogen-bond acceptors (Lipinski definition) is 3. The summed E-state index contributed by atoms with van der Waals surface area (Å²) in [4.78, 5) is 40.7. The lowest BCUT2D eigenvalue weighted by molar-refractivity contribution is -0.136. The fourth-order valence-electron chi connectivity index (χ4n) is 3.78. The van der Waals surface area contributed by atoms with Gasteiger partial charge >= 0.3 is 0 Å². The van der Waals surface area contributed by atoms with Gasteiger partial charge in [0.25, 0.3) is 5.91 Å². The Hall–Kier alpha value is -2.37. The normalized spacial score (nSPS) is 18.5. The highest BCUT2D eigenvalue weighted by atomic mass is 16.2. The molecule has 6 nitrogen and oxygen atoms in total. The van der Waals surface area contributed by atoms with Crippen LogP contribution < -0.4 is 5.32 Å². The van der Waals surface area contributed by atoms with Crippen molar-refractivity contribution in [2.24, 2.45) is 5.92 Å². The van der Waals surface area contributed by atoms with E-state index in [-0.39, 0.29) is 30.2 Å². The number of rotatable bonds is 4. The number of hydrogen-bond donors (Lipinski definition) is 1. The van der Waals surface area contributed by atoms with Gasteiger partial charge in [0.1, 0.15) is 0 Å². The predicted octanol–water partition coefficient (Wildman–Crippen LogP) is 1.67. The van der Waals surface area contributed by atoms with E-state index in [4.69, 9.17) is 0 Å². The number of carbonyl (C=O) groups excluding carboxylic acids is 3. The number of nitrogens with one attached hydrogen (secondary N) is 1. The minimum absolute atomic E-state index is 0.00962. The molecule has 1 aromatic rings. The summed E-state index contributed by atoms with van der Waals surface area (Å²) in [5, 5.41) is 2.68. The molecule has 2 fully saturated rings. The summed E-state index contributed by atoms with van der Waals surface area (Å²) in [6.07, 6.45) is 5.09. The molecule has 1 N–H and O–H groups in total. The van der Waals surface area contributed by atoms with Crippen LogP contribution in [0.15, 0.2) is 30.3 Å². The van der Waals surface area contributed by atoms with E-state index in [1.165, 1.54) is 0 Å². The van der Waals surface area contributed by atoms with Crippen LogP contribution in [0.25, 0.3) is 0 Å². The maximum atomic E-state index is 12.6. The van der Waals surface area contributed by atoms with E-state index in [1.54, 1.807) is 29.2 Å². The Morgan fingerprint density at radius 1 is 0.885 bits per heavy atom. The Balaban J connectivity index is 1.46. The summed E-state index contributed by atoms with van der Waals surface area (Å²) < 4.78 is 0. The van der Waals surface area contributed by atoms with Crippen molar-refractivity contribution in [1.29, 1.82) is 0 Å². The van der Waals surface area contributed by atoms with Crippen LogP contribution in [-0.2, 0) is 9.59 Å². The molecule has 1 heterocycles.